The van der Waals surface area contributed by atoms with E-state index in [1.165, 1.54) is 0 Å². The van der Waals surface area contributed by atoms with Crippen molar-refractivity contribution in [3.63, 3.8) is 0 Å². The molecule has 0 bridgehead atoms. The van der Waals surface area contributed by atoms with Gasteiger partial charge in [0.25, 0.3) is 0 Å². The number of nitrogens with two attached hydrogens (primary N) is 1. The Bertz CT molecular complexity index is 986. The number of fused-ring (bicyclic) bond motifs is 3. The second kappa shape index (κ2) is 9.40. The first-order valence-corrected chi connectivity index (χ1v) is 10.7. The zero-order valence-corrected chi connectivity index (χ0v) is 18.9. The number of ether oxygens (including phenoxy) is 2. The zero-order chi connectivity index (χ0) is 23.6. The van der Waals surface area contributed by atoms with Crippen molar-refractivity contribution in [3.8, 4) is 11.1 Å². The summed E-state index contributed by atoms with van der Waals surface area (Å²) in [6.07, 6.45) is 0. The molecule has 7 nitrogen and oxygen atoms in total. The highest BCUT2D eigenvalue weighted by Gasteiger charge is 2.39. The Hall–Kier alpha value is -2.74. The highest BCUT2D eigenvalue weighted by atomic mass is 35.5. The number of benzene rings is 2. The molecule has 0 radical (unpaired) electrons. The molecule has 3 unspecified atom stereocenters. The van der Waals surface area contributed by atoms with Crippen LogP contribution in [0, 0.1) is 11.3 Å². The quantitative estimate of drug-likeness (QED) is 0.332. The Morgan fingerprint density at radius 1 is 1.09 bits per heavy atom. The topological polar surface area (TPSA) is 123 Å². The molecule has 1 aliphatic carbocycles. The molecule has 0 fully saturated rings. The van der Waals surface area contributed by atoms with Crippen LogP contribution in [-0.2, 0) is 19.1 Å². The minimum absolute atomic E-state index is 0.000536. The molecule has 3 atom stereocenters. The number of alkyl halides is 1. The molecule has 0 saturated heterocycles. The van der Waals surface area contributed by atoms with Crippen LogP contribution in [0.3, 0.4) is 0 Å². The van der Waals surface area contributed by atoms with Crippen LogP contribution >= 0.6 is 11.6 Å². The van der Waals surface area contributed by atoms with E-state index in [1.807, 2.05) is 48.5 Å². The molecule has 0 aromatic heterocycles. The number of esters is 2. The molecule has 0 spiro atoms. The number of aliphatic hydroxyl groups excluding tert-OH is 1. The summed E-state index contributed by atoms with van der Waals surface area (Å²) in [6, 6.07) is 14.2. The monoisotopic (exact) mass is 458 g/mol. The van der Waals surface area contributed by atoms with E-state index in [9.17, 15) is 14.7 Å². The predicted octanol–water partition coefficient (Wildman–Crippen LogP) is 3.20. The van der Waals surface area contributed by atoms with Crippen molar-refractivity contribution in [1.82, 2.24) is 0 Å². The minimum Gasteiger partial charge on any atom is -0.464 e. The van der Waals surface area contributed by atoms with Gasteiger partial charge in [-0.25, -0.2) is 4.79 Å². The first kappa shape index (κ1) is 23.9. The standard InChI is InChI=1S/C24H27ClN2O5/c1-24(2,3)32-23(30)20(27)19(26)18(21(25)28)22(29)31-12-17-15-10-6-4-8-13(15)14-9-5-7-11-16(14)17/h4-11,17-19,21,27-28H,12,26H2,1-3H3. The van der Waals surface area contributed by atoms with Crippen molar-refractivity contribution in [2.45, 2.75) is 43.9 Å². The smallest absolute Gasteiger partial charge is 0.354 e. The van der Waals surface area contributed by atoms with Gasteiger partial charge in [0.1, 0.15) is 29.4 Å². The maximum atomic E-state index is 12.8. The van der Waals surface area contributed by atoms with Crippen molar-refractivity contribution in [1.29, 1.82) is 5.41 Å². The van der Waals surface area contributed by atoms with Crippen LogP contribution in [0.5, 0.6) is 0 Å². The molecule has 0 heterocycles. The van der Waals surface area contributed by atoms with Crippen LogP contribution in [0.1, 0.15) is 37.8 Å². The average Bonchev–Trinajstić information content (AvgIpc) is 3.04. The maximum absolute atomic E-state index is 12.8. The van der Waals surface area contributed by atoms with Gasteiger partial charge in [0.15, 0.2) is 0 Å². The van der Waals surface area contributed by atoms with Crippen LogP contribution in [0.15, 0.2) is 48.5 Å². The van der Waals surface area contributed by atoms with Crippen molar-refractivity contribution in [2.24, 2.45) is 11.7 Å². The number of carbonyl (C=O) groups excluding carboxylic acids is 2. The molecule has 170 valence electrons. The summed E-state index contributed by atoms with van der Waals surface area (Å²) in [7, 11) is 0. The number of halogens is 1. The SMILES string of the molecule is CC(C)(C)OC(=O)C(=N)C(N)C(C(=O)OCC1c2ccccc2-c2ccccc21)C(O)Cl. The minimum atomic E-state index is -1.75. The molecule has 4 N–H and O–H groups in total. The third-order valence-corrected chi connectivity index (χ3v) is 5.53. The Morgan fingerprint density at radius 2 is 1.59 bits per heavy atom. The number of rotatable bonds is 7. The van der Waals surface area contributed by atoms with Crippen molar-refractivity contribution in [2.75, 3.05) is 6.61 Å². The number of carbonyl (C=O) groups is 2. The number of hydrogen-bond acceptors (Lipinski definition) is 7. The van der Waals surface area contributed by atoms with Gasteiger partial charge in [0.05, 0.1) is 6.04 Å². The summed E-state index contributed by atoms with van der Waals surface area (Å²) >= 11 is 5.80. The lowest BCUT2D eigenvalue weighted by Crippen LogP contribution is -2.50. The average molecular weight is 459 g/mol. The third-order valence-electron chi connectivity index (χ3n) is 5.26. The van der Waals surface area contributed by atoms with E-state index in [0.29, 0.717) is 0 Å². The fourth-order valence-electron chi connectivity index (χ4n) is 3.78. The third kappa shape index (κ3) is 5.01. The van der Waals surface area contributed by atoms with Crippen molar-refractivity contribution in [3.05, 3.63) is 59.7 Å². The lowest BCUT2D eigenvalue weighted by Gasteiger charge is -2.26. The molecule has 32 heavy (non-hydrogen) atoms. The lowest BCUT2D eigenvalue weighted by atomic mass is 9.95. The molecule has 0 aliphatic heterocycles. The van der Waals surface area contributed by atoms with E-state index < -0.39 is 40.8 Å². The first-order valence-electron chi connectivity index (χ1n) is 10.3. The van der Waals surface area contributed by atoms with Gasteiger partial charge in [0.2, 0.25) is 0 Å². The largest absolute Gasteiger partial charge is 0.464 e. The fourth-order valence-corrected chi connectivity index (χ4v) is 4.04. The Kier molecular flexibility index (Phi) is 7.03. The summed E-state index contributed by atoms with van der Waals surface area (Å²) < 4.78 is 10.6. The van der Waals surface area contributed by atoms with Crippen LogP contribution in [0.4, 0.5) is 0 Å². The predicted molar refractivity (Wildman–Crippen MR) is 122 cm³/mol. The van der Waals surface area contributed by atoms with Crippen molar-refractivity contribution < 1.29 is 24.2 Å². The van der Waals surface area contributed by atoms with Gasteiger partial charge in [-0.3, -0.25) is 10.2 Å². The summed E-state index contributed by atoms with van der Waals surface area (Å²) in [5.41, 5.74) is 6.88. The van der Waals surface area contributed by atoms with Gasteiger partial charge in [-0.1, -0.05) is 60.1 Å². The first-order chi connectivity index (χ1) is 15.0. The van der Waals surface area contributed by atoms with Gasteiger partial charge in [-0.05, 0) is 43.0 Å². The molecule has 2 aromatic rings. The summed E-state index contributed by atoms with van der Waals surface area (Å²) in [5.74, 6) is -3.58. The normalized spacial score (nSPS) is 15.8. The van der Waals surface area contributed by atoms with Gasteiger partial charge in [-0.15, -0.1) is 0 Å². The molecular formula is C24H27ClN2O5. The highest BCUT2D eigenvalue weighted by Crippen LogP contribution is 2.44. The van der Waals surface area contributed by atoms with Crippen LogP contribution in [0.25, 0.3) is 11.1 Å². The highest BCUT2D eigenvalue weighted by molar-refractivity contribution is 6.38. The van der Waals surface area contributed by atoms with Crippen LogP contribution < -0.4 is 5.73 Å². The zero-order valence-electron chi connectivity index (χ0n) is 18.2. The van der Waals surface area contributed by atoms with Crippen LogP contribution in [0.2, 0.25) is 0 Å². The molecule has 2 aromatic carbocycles. The fraction of sp³-hybridized carbons (Fsp3) is 0.375. The molecular weight excluding hydrogens is 432 g/mol. The van der Waals surface area contributed by atoms with Crippen molar-refractivity contribution >= 4 is 29.3 Å². The second-order valence-electron chi connectivity index (χ2n) is 8.70. The number of aliphatic hydroxyl groups is 1. The van der Waals surface area contributed by atoms with Gasteiger partial charge >= 0.3 is 11.9 Å². The van der Waals surface area contributed by atoms with E-state index in [4.69, 9.17) is 32.2 Å². The van der Waals surface area contributed by atoms with E-state index in [1.54, 1.807) is 20.8 Å². The second-order valence-corrected chi connectivity index (χ2v) is 9.14. The number of hydrogen-bond donors (Lipinski definition) is 3. The van der Waals surface area contributed by atoms with E-state index in [2.05, 4.69) is 0 Å². The summed E-state index contributed by atoms with van der Waals surface area (Å²) in [5, 5.41) is 18.0. The Labute approximate surface area is 192 Å². The van der Waals surface area contributed by atoms with Gasteiger partial charge < -0.3 is 20.3 Å². The summed E-state index contributed by atoms with van der Waals surface area (Å²) in [6.45, 7) is 4.93. The van der Waals surface area contributed by atoms with E-state index in [-0.39, 0.29) is 12.5 Å². The molecule has 0 amide bonds. The Morgan fingerprint density at radius 3 is 2.06 bits per heavy atom. The Balaban J connectivity index is 1.75. The van der Waals surface area contributed by atoms with Gasteiger partial charge in [-0.2, -0.15) is 0 Å². The van der Waals surface area contributed by atoms with E-state index >= 15 is 0 Å². The van der Waals surface area contributed by atoms with Crippen LogP contribution in [-0.4, -0.2) is 46.6 Å². The molecule has 1 aliphatic rings. The number of nitrogens with one attached hydrogen (secondary N) is 1. The summed E-state index contributed by atoms with van der Waals surface area (Å²) in [4.78, 5) is 25.0. The maximum Gasteiger partial charge on any atom is 0.354 e. The van der Waals surface area contributed by atoms with E-state index in [0.717, 1.165) is 22.3 Å². The molecule has 3 rings (SSSR count). The molecule has 8 heteroatoms. The lowest BCUT2D eigenvalue weighted by molar-refractivity contribution is -0.151. The molecule has 0 saturated carbocycles. The van der Waals surface area contributed by atoms with Gasteiger partial charge in [0, 0.05) is 5.92 Å².